The summed E-state index contributed by atoms with van der Waals surface area (Å²) >= 11 is 0. The maximum Gasteiger partial charge on any atom is 0.332 e. The number of hydrogen-bond donors (Lipinski definition) is 2. The molecule has 3 N–H and O–H groups in total. The van der Waals surface area contributed by atoms with Gasteiger partial charge in [0.2, 0.25) is 0 Å². The van der Waals surface area contributed by atoms with Crippen molar-refractivity contribution in [1.29, 1.82) is 0 Å². The lowest BCUT2D eigenvalue weighted by Gasteiger charge is -2.25. The maximum absolute atomic E-state index is 12.8. The van der Waals surface area contributed by atoms with Gasteiger partial charge in [0, 0.05) is 6.42 Å². The second-order valence-corrected chi connectivity index (χ2v) is 3.68. The first-order valence-corrected chi connectivity index (χ1v) is 4.83. The summed E-state index contributed by atoms with van der Waals surface area (Å²) in [6.07, 6.45) is -3.40. The fraction of sp³-hybridized carbons (Fsp3) is 0.364. The van der Waals surface area contributed by atoms with Crippen molar-refractivity contribution in [2.45, 2.75) is 18.4 Å². The number of rotatable bonds is 4. The maximum atomic E-state index is 12.8. The number of methoxy groups -OCH3 is 1. The molecule has 0 heterocycles. The third kappa shape index (κ3) is 2.91. The quantitative estimate of drug-likeness (QED) is 0.778. The van der Waals surface area contributed by atoms with Crippen LogP contribution in [0.25, 0.3) is 0 Å². The molecule has 0 amide bonds. The van der Waals surface area contributed by atoms with Crippen molar-refractivity contribution in [1.82, 2.24) is 0 Å². The highest BCUT2D eigenvalue weighted by atomic mass is 19.3. The predicted octanol–water partition coefficient (Wildman–Crippen LogP) is 1.07. The Kier molecular flexibility index (Phi) is 4.01. The lowest BCUT2D eigenvalue weighted by atomic mass is 9.92. The first-order chi connectivity index (χ1) is 7.90. The highest BCUT2D eigenvalue weighted by Gasteiger charge is 2.44. The van der Waals surface area contributed by atoms with E-state index in [1.54, 1.807) is 0 Å². The van der Waals surface area contributed by atoms with Crippen molar-refractivity contribution < 1.29 is 23.4 Å². The molecule has 0 saturated heterocycles. The van der Waals surface area contributed by atoms with Crippen molar-refractivity contribution in [3.63, 3.8) is 0 Å². The molecule has 1 rings (SSSR count). The summed E-state index contributed by atoms with van der Waals surface area (Å²) in [5.74, 6) is -1.16. The number of alkyl halides is 2. The van der Waals surface area contributed by atoms with Crippen molar-refractivity contribution in [3.05, 3.63) is 29.8 Å². The van der Waals surface area contributed by atoms with Gasteiger partial charge in [0.25, 0.3) is 6.43 Å². The largest absolute Gasteiger partial charge is 0.508 e. The van der Waals surface area contributed by atoms with E-state index in [-0.39, 0.29) is 12.2 Å². The Morgan fingerprint density at radius 3 is 2.41 bits per heavy atom. The van der Waals surface area contributed by atoms with Crippen LogP contribution in [0, 0.1) is 0 Å². The highest BCUT2D eigenvalue weighted by molar-refractivity contribution is 5.81. The van der Waals surface area contributed by atoms with Crippen LogP contribution >= 0.6 is 0 Å². The number of phenols is 1. The monoisotopic (exact) mass is 245 g/mol. The summed E-state index contributed by atoms with van der Waals surface area (Å²) < 4.78 is 29.9. The zero-order valence-electron chi connectivity index (χ0n) is 9.19. The van der Waals surface area contributed by atoms with Crippen LogP contribution in [0.4, 0.5) is 8.78 Å². The lowest BCUT2D eigenvalue weighted by Crippen LogP contribution is -2.56. The zero-order chi connectivity index (χ0) is 13.1. The number of nitrogens with two attached hydrogens (primary N) is 1. The van der Waals surface area contributed by atoms with E-state index in [9.17, 15) is 13.6 Å². The fourth-order valence-corrected chi connectivity index (χ4v) is 1.38. The van der Waals surface area contributed by atoms with Gasteiger partial charge in [0.15, 0.2) is 5.54 Å². The van der Waals surface area contributed by atoms with Crippen LogP contribution in [0.3, 0.4) is 0 Å². The van der Waals surface area contributed by atoms with E-state index < -0.39 is 17.9 Å². The van der Waals surface area contributed by atoms with Crippen LogP contribution in [0.1, 0.15) is 5.56 Å². The van der Waals surface area contributed by atoms with Crippen LogP contribution in [0.15, 0.2) is 24.3 Å². The van der Waals surface area contributed by atoms with Gasteiger partial charge in [0.1, 0.15) is 5.75 Å². The molecule has 6 heteroatoms. The normalized spacial score (nSPS) is 14.4. The van der Waals surface area contributed by atoms with Crippen molar-refractivity contribution >= 4 is 5.97 Å². The first kappa shape index (κ1) is 13.4. The van der Waals surface area contributed by atoms with E-state index in [2.05, 4.69) is 4.74 Å². The SMILES string of the molecule is COC(=O)[C@@](N)(Cc1ccc(O)cc1)C(F)F. The number of phenolic OH excluding ortho intramolecular Hbond substituents is 1. The van der Waals surface area contributed by atoms with Gasteiger partial charge in [-0.1, -0.05) is 12.1 Å². The summed E-state index contributed by atoms with van der Waals surface area (Å²) in [6.45, 7) is 0. The van der Waals surface area contributed by atoms with Crippen LogP contribution in [-0.4, -0.2) is 30.2 Å². The van der Waals surface area contributed by atoms with Crippen molar-refractivity contribution in [2.75, 3.05) is 7.11 Å². The summed E-state index contributed by atoms with van der Waals surface area (Å²) in [5.41, 5.74) is 3.42. The van der Waals surface area contributed by atoms with Gasteiger partial charge in [-0.05, 0) is 17.7 Å². The van der Waals surface area contributed by atoms with Gasteiger partial charge >= 0.3 is 5.97 Å². The van der Waals surface area contributed by atoms with E-state index in [0.29, 0.717) is 5.56 Å². The van der Waals surface area contributed by atoms with Crippen LogP contribution in [0.2, 0.25) is 0 Å². The molecule has 0 aliphatic rings. The van der Waals surface area contributed by atoms with Crippen LogP contribution in [-0.2, 0) is 16.0 Å². The molecule has 0 saturated carbocycles. The van der Waals surface area contributed by atoms with Crippen LogP contribution < -0.4 is 5.73 Å². The molecule has 0 bridgehead atoms. The molecule has 0 fully saturated rings. The second-order valence-electron chi connectivity index (χ2n) is 3.68. The van der Waals surface area contributed by atoms with E-state index in [1.807, 2.05) is 0 Å². The number of hydrogen-bond acceptors (Lipinski definition) is 4. The number of halogens is 2. The molecule has 1 atom stereocenters. The topological polar surface area (TPSA) is 72.5 Å². The Balaban J connectivity index is 2.95. The summed E-state index contributed by atoms with van der Waals surface area (Å²) in [6, 6.07) is 5.50. The van der Waals surface area contributed by atoms with E-state index in [0.717, 1.165) is 7.11 Å². The molecule has 0 spiro atoms. The Bertz CT molecular complexity index is 394. The Morgan fingerprint density at radius 1 is 1.47 bits per heavy atom. The highest BCUT2D eigenvalue weighted by Crippen LogP contribution is 2.21. The van der Waals surface area contributed by atoms with Gasteiger partial charge in [-0.15, -0.1) is 0 Å². The first-order valence-electron chi connectivity index (χ1n) is 4.83. The predicted molar refractivity (Wildman–Crippen MR) is 56.7 cm³/mol. The van der Waals surface area contributed by atoms with Gasteiger partial charge in [-0.2, -0.15) is 0 Å². The van der Waals surface area contributed by atoms with E-state index >= 15 is 0 Å². The average molecular weight is 245 g/mol. The number of esters is 1. The Hall–Kier alpha value is -1.69. The van der Waals surface area contributed by atoms with Gasteiger partial charge in [-0.25, -0.2) is 13.6 Å². The molecule has 0 aliphatic heterocycles. The average Bonchev–Trinajstić information content (AvgIpc) is 2.30. The van der Waals surface area contributed by atoms with Crippen LogP contribution in [0.5, 0.6) is 5.75 Å². The third-order valence-electron chi connectivity index (χ3n) is 2.39. The molecule has 0 unspecified atom stereocenters. The Labute approximate surface area is 97.0 Å². The molecule has 94 valence electrons. The number of ether oxygens (including phenoxy) is 1. The van der Waals surface area contributed by atoms with Gasteiger partial charge in [-0.3, -0.25) is 0 Å². The third-order valence-corrected chi connectivity index (χ3v) is 2.39. The molecule has 0 aromatic heterocycles. The molecular weight excluding hydrogens is 232 g/mol. The van der Waals surface area contributed by atoms with E-state index in [1.165, 1.54) is 24.3 Å². The smallest absolute Gasteiger partial charge is 0.332 e. The standard InChI is InChI=1S/C11H13F2NO3/c1-17-10(16)11(14,9(12)13)6-7-2-4-8(15)5-3-7/h2-5,9,15H,6,14H2,1H3/t11-/m1/s1. The lowest BCUT2D eigenvalue weighted by molar-refractivity contribution is -0.153. The fourth-order valence-electron chi connectivity index (χ4n) is 1.38. The van der Waals surface area contributed by atoms with Gasteiger partial charge < -0.3 is 15.6 Å². The molecule has 0 radical (unpaired) electrons. The van der Waals surface area contributed by atoms with E-state index in [4.69, 9.17) is 10.8 Å². The minimum atomic E-state index is -3.04. The molecular formula is C11H13F2NO3. The summed E-state index contributed by atoms with van der Waals surface area (Å²) in [5, 5.41) is 9.05. The minimum Gasteiger partial charge on any atom is -0.508 e. The molecule has 1 aromatic carbocycles. The second kappa shape index (κ2) is 5.09. The zero-order valence-corrected chi connectivity index (χ0v) is 9.19. The number of aromatic hydroxyl groups is 1. The van der Waals surface area contributed by atoms with Crippen molar-refractivity contribution in [2.24, 2.45) is 5.73 Å². The van der Waals surface area contributed by atoms with Crippen molar-refractivity contribution in [3.8, 4) is 5.75 Å². The summed E-state index contributed by atoms with van der Waals surface area (Å²) in [4.78, 5) is 11.3. The minimum absolute atomic E-state index is 0.00601. The van der Waals surface area contributed by atoms with Gasteiger partial charge in [0.05, 0.1) is 7.11 Å². The number of carbonyl (C=O) groups is 1. The molecule has 17 heavy (non-hydrogen) atoms. The molecule has 4 nitrogen and oxygen atoms in total. The molecule has 1 aromatic rings. The summed E-state index contributed by atoms with van der Waals surface area (Å²) in [7, 11) is 1.00. The number of carbonyl (C=O) groups excluding carboxylic acids is 1. The number of benzene rings is 1. The molecule has 0 aliphatic carbocycles. The Morgan fingerprint density at radius 2 is 2.00 bits per heavy atom.